The molecule has 2 heterocycles. The highest BCUT2D eigenvalue weighted by molar-refractivity contribution is 5.64. The summed E-state index contributed by atoms with van der Waals surface area (Å²) in [5.74, 6) is 0. The largest absolute Gasteiger partial charge is 0.382 e. The van der Waals surface area contributed by atoms with Crippen LogP contribution in [0.2, 0.25) is 0 Å². The van der Waals surface area contributed by atoms with Crippen molar-refractivity contribution in [3.63, 3.8) is 0 Å². The number of hydrogen-bond acceptors (Lipinski definition) is 3. The zero-order valence-corrected chi connectivity index (χ0v) is 12.8. The lowest BCUT2D eigenvalue weighted by Crippen LogP contribution is -2.42. The molecule has 21 heavy (non-hydrogen) atoms. The Labute approximate surface area is 126 Å². The van der Waals surface area contributed by atoms with E-state index in [0.717, 1.165) is 5.69 Å². The summed E-state index contributed by atoms with van der Waals surface area (Å²) in [5, 5.41) is 10.7. The molecular formula is C17H24N4. The van der Waals surface area contributed by atoms with Gasteiger partial charge in [-0.15, -0.1) is 0 Å². The number of H-pyrrole nitrogens is 1. The molecule has 1 saturated heterocycles. The SMILES string of the molecule is CC(C)N1CCC(Nc2cccc(-c3ccn[nH]3)c2)CC1. The van der Waals surface area contributed by atoms with Gasteiger partial charge in [-0.3, -0.25) is 5.10 Å². The summed E-state index contributed by atoms with van der Waals surface area (Å²) in [5.41, 5.74) is 3.44. The number of piperidine rings is 1. The van der Waals surface area contributed by atoms with Gasteiger partial charge in [0.05, 0.1) is 5.69 Å². The van der Waals surface area contributed by atoms with E-state index in [4.69, 9.17) is 0 Å². The highest BCUT2D eigenvalue weighted by atomic mass is 15.2. The summed E-state index contributed by atoms with van der Waals surface area (Å²) in [4.78, 5) is 2.55. The van der Waals surface area contributed by atoms with Crippen LogP contribution in [0.5, 0.6) is 0 Å². The maximum absolute atomic E-state index is 4.02. The first-order valence-electron chi connectivity index (χ1n) is 7.83. The molecule has 3 rings (SSSR count). The van der Waals surface area contributed by atoms with Crippen LogP contribution in [-0.4, -0.2) is 40.3 Å². The molecule has 0 radical (unpaired) electrons. The van der Waals surface area contributed by atoms with E-state index in [1.165, 1.54) is 37.2 Å². The summed E-state index contributed by atoms with van der Waals surface area (Å²) in [7, 11) is 0. The topological polar surface area (TPSA) is 44.0 Å². The summed E-state index contributed by atoms with van der Waals surface area (Å²) in [6, 6.07) is 11.8. The standard InChI is InChI=1S/C17H24N4/c1-13(2)21-10-7-15(8-11-21)19-16-5-3-4-14(12-16)17-6-9-18-20-17/h3-6,9,12-13,15,19H,7-8,10-11H2,1-2H3,(H,18,20). The number of likely N-dealkylation sites (tertiary alicyclic amines) is 1. The molecule has 4 nitrogen and oxygen atoms in total. The average Bonchev–Trinajstić information content (AvgIpc) is 3.02. The fourth-order valence-electron chi connectivity index (χ4n) is 2.99. The predicted octanol–water partition coefficient (Wildman–Crippen LogP) is 3.36. The highest BCUT2D eigenvalue weighted by Gasteiger charge is 2.20. The fraction of sp³-hybridized carbons (Fsp3) is 0.471. The molecule has 2 N–H and O–H groups in total. The van der Waals surface area contributed by atoms with Crippen molar-refractivity contribution in [3.8, 4) is 11.3 Å². The Morgan fingerprint density at radius 2 is 2.05 bits per heavy atom. The van der Waals surface area contributed by atoms with Gasteiger partial charge < -0.3 is 10.2 Å². The average molecular weight is 284 g/mol. The van der Waals surface area contributed by atoms with Crippen molar-refractivity contribution in [2.75, 3.05) is 18.4 Å². The van der Waals surface area contributed by atoms with Crippen molar-refractivity contribution in [1.29, 1.82) is 0 Å². The lowest BCUT2D eigenvalue weighted by molar-refractivity contribution is 0.177. The van der Waals surface area contributed by atoms with E-state index in [9.17, 15) is 0 Å². The van der Waals surface area contributed by atoms with Crippen molar-refractivity contribution in [3.05, 3.63) is 36.5 Å². The first-order chi connectivity index (χ1) is 10.2. The molecule has 0 spiro atoms. The summed E-state index contributed by atoms with van der Waals surface area (Å²) in [6.45, 7) is 6.94. The van der Waals surface area contributed by atoms with Gasteiger partial charge in [0, 0.05) is 42.6 Å². The molecule has 4 heteroatoms. The molecule has 1 aromatic heterocycles. The molecule has 1 aliphatic rings. The highest BCUT2D eigenvalue weighted by Crippen LogP contribution is 2.23. The van der Waals surface area contributed by atoms with E-state index >= 15 is 0 Å². The monoisotopic (exact) mass is 284 g/mol. The fourth-order valence-corrected chi connectivity index (χ4v) is 2.99. The molecular weight excluding hydrogens is 260 g/mol. The number of hydrogen-bond donors (Lipinski definition) is 2. The number of aromatic amines is 1. The first-order valence-corrected chi connectivity index (χ1v) is 7.83. The number of anilines is 1. The van der Waals surface area contributed by atoms with Crippen LogP contribution in [0, 0.1) is 0 Å². The minimum atomic E-state index is 0.581. The van der Waals surface area contributed by atoms with Crippen LogP contribution in [0.1, 0.15) is 26.7 Å². The Morgan fingerprint density at radius 3 is 2.71 bits per heavy atom. The molecule has 0 unspecified atom stereocenters. The van der Waals surface area contributed by atoms with Crippen molar-refractivity contribution in [1.82, 2.24) is 15.1 Å². The zero-order chi connectivity index (χ0) is 14.7. The Kier molecular flexibility index (Phi) is 4.25. The van der Waals surface area contributed by atoms with Crippen LogP contribution in [-0.2, 0) is 0 Å². The summed E-state index contributed by atoms with van der Waals surface area (Å²) < 4.78 is 0. The normalized spacial score (nSPS) is 17.3. The predicted molar refractivity (Wildman–Crippen MR) is 87.4 cm³/mol. The third kappa shape index (κ3) is 3.45. The Morgan fingerprint density at radius 1 is 1.24 bits per heavy atom. The maximum Gasteiger partial charge on any atom is 0.0650 e. The lowest BCUT2D eigenvalue weighted by atomic mass is 10.0. The molecule has 0 atom stereocenters. The molecule has 1 aliphatic heterocycles. The van der Waals surface area contributed by atoms with E-state index < -0.39 is 0 Å². The lowest BCUT2D eigenvalue weighted by Gasteiger charge is -2.35. The molecule has 0 aliphatic carbocycles. The van der Waals surface area contributed by atoms with Crippen LogP contribution in [0.3, 0.4) is 0 Å². The maximum atomic E-state index is 4.02. The number of benzene rings is 1. The van der Waals surface area contributed by atoms with Crippen molar-refractivity contribution < 1.29 is 0 Å². The molecule has 0 amide bonds. The van der Waals surface area contributed by atoms with Gasteiger partial charge in [-0.25, -0.2) is 0 Å². The molecule has 0 saturated carbocycles. The van der Waals surface area contributed by atoms with Crippen LogP contribution in [0.25, 0.3) is 11.3 Å². The van der Waals surface area contributed by atoms with Crippen molar-refractivity contribution in [2.45, 2.75) is 38.8 Å². The Hall–Kier alpha value is -1.81. The van der Waals surface area contributed by atoms with Crippen molar-refractivity contribution >= 4 is 5.69 Å². The summed E-state index contributed by atoms with van der Waals surface area (Å²) in [6.07, 6.45) is 4.22. The molecule has 0 bridgehead atoms. The second-order valence-electron chi connectivity index (χ2n) is 6.10. The molecule has 1 aromatic carbocycles. The van der Waals surface area contributed by atoms with Gasteiger partial charge in [-0.2, -0.15) is 5.10 Å². The minimum absolute atomic E-state index is 0.581. The first kappa shape index (κ1) is 14.1. The van der Waals surface area contributed by atoms with E-state index in [-0.39, 0.29) is 0 Å². The Balaban J connectivity index is 1.62. The van der Waals surface area contributed by atoms with Crippen molar-refractivity contribution in [2.24, 2.45) is 0 Å². The van der Waals surface area contributed by atoms with E-state index in [2.05, 4.69) is 58.5 Å². The van der Waals surface area contributed by atoms with Crippen LogP contribution >= 0.6 is 0 Å². The second-order valence-corrected chi connectivity index (χ2v) is 6.10. The van der Waals surface area contributed by atoms with Gasteiger partial charge in [-0.1, -0.05) is 12.1 Å². The molecule has 1 fully saturated rings. The van der Waals surface area contributed by atoms with Gasteiger partial charge in [0.1, 0.15) is 0 Å². The van der Waals surface area contributed by atoms with Gasteiger partial charge in [0.2, 0.25) is 0 Å². The second kappa shape index (κ2) is 6.31. The third-order valence-corrected chi connectivity index (χ3v) is 4.30. The van der Waals surface area contributed by atoms with Gasteiger partial charge in [0.15, 0.2) is 0 Å². The number of nitrogens with one attached hydrogen (secondary N) is 2. The van der Waals surface area contributed by atoms with Crippen LogP contribution in [0.15, 0.2) is 36.5 Å². The quantitative estimate of drug-likeness (QED) is 0.905. The summed E-state index contributed by atoms with van der Waals surface area (Å²) >= 11 is 0. The molecule has 2 aromatic rings. The molecule has 112 valence electrons. The van der Waals surface area contributed by atoms with E-state index in [0.29, 0.717) is 12.1 Å². The van der Waals surface area contributed by atoms with Crippen LogP contribution in [0.4, 0.5) is 5.69 Å². The van der Waals surface area contributed by atoms with Gasteiger partial charge in [0.25, 0.3) is 0 Å². The van der Waals surface area contributed by atoms with E-state index in [1.54, 1.807) is 6.20 Å². The third-order valence-electron chi connectivity index (χ3n) is 4.30. The van der Waals surface area contributed by atoms with E-state index in [1.807, 2.05) is 6.07 Å². The number of aromatic nitrogens is 2. The van der Waals surface area contributed by atoms with Crippen LogP contribution < -0.4 is 5.32 Å². The Bertz CT molecular complexity index is 554. The van der Waals surface area contributed by atoms with Gasteiger partial charge >= 0.3 is 0 Å². The minimum Gasteiger partial charge on any atom is -0.382 e. The number of nitrogens with zero attached hydrogens (tertiary/aromatic N) is 2. The smallest absolute Gasteiger partial charge is 0.0650 e. The number of rotatable bonds is 4. The zero-order valence-electron chi connectivity index (χ0n) is 12.8. The van der Waals surface area contributed by atoms with Gasteiger partial charge in [-0.05, 0) is 44.9 Å².